The molecule has 0 aliphatic heterocycles. The molecular weight excluding hydrogens is 278 g/mol. The molecule has 0 fully saturated rings. The van der Waals surface area contributed by atoms with Crippen LogP contribution >= 0.6 is 15.9 Å². The maximum Gasteiger partial charge on any atom is 0.115 e. The van der Waals surface area contributed by atoms with Gasteiger partial charge in [0, 0.05) is 4.47 Å². The van der Waals surface area contributed by atoms with E-state index in [1.165, 1.54) is 24.2 Å². The predicted molar refractivity (Wildman–Crippen MR) is 72.0 cm³/mol. The number of hydrogen-bond acceptors (Lipinski definition) is 2. The highest BCUT2D eigenvalue weighted by Gasteiger charge is 2.14. The number of nitrogens with one attached hydrogen (secondary N) is 1. The highest BCUT2D eigenvalue weighted by molar-refractivity contribution is 9.10. The van der Waals surface area contributed by atoms with Crippen molar-refractivity contribution >= 4 is 21.6 Å². The third-order valence-corrected chi connectivity index (χ3v) is 3.65. The molecule has 0 radical (unpaired) electrons. The zero-order chi connectivity index (χ0) is 11.7. The number of rotatable bonds is 2. The molecule has 0 amide bonds. The zero-order valence-corrected chi connectivity index (χ0v) is 11.1. The average Bonchev–Trinajstić information content (AvgIpc) is 2.76. The first-order chi connectivity index (χ1) is 8.33. The molecule has 3 nitrogen and oxygen atoms in total. The van der Waals surface area contributed by atoms with Crippen molar-refractivity contribution in [3.05, 3.63) is 46.5 Å². The Bertz CT molecular complexity index is 516. The van der Waals surface area contributed by atoms with Crippen LogP contribution in [0.5, 0.6) is 0 Å². The minimum atomic E-state index is 1.08. The molecule has 1 aliphatic rings. The first-order valence-electron chi connectivity index (χ1n) is 5.90. The number of nitrogens with zero attached hydrogens (tertiary/aromatic N) is 2. The Balaban J connectivity index is 1.85. The van der Waals surface area contributed by atoms with Gasteiger partial charge in [-0.3, -0.25) is 5.43 Å². The van der Waals surface area contributed by atoms with Crippen LogP contribution in [0.25, 0.3) is 0 Å². The molecule has 1 N–H and O–H groups in total. The van der Waals surface area contributed by atoms with Gasteiger partial charge in [0.05, 0.1) is 17.1 Å². The fourth-order valence-corrected chi connectivity index (χ4v) is 2.49. The Morgan fingerprint density at radius 2 is 1.88 bits per heavy atom. The van der Waals surface area contributed by atoms with Crippen molar-refractivity contribution in [2.24, 2.45) is 0 Å². The Labute approximate surface area is 109 Å². The van der Waals surface area contributed by atoms with Crippen LogP contribution in [0.4, 0.5) is 5.69 Å². The van der Waals surface area contributed by atoms with Gasteiger partial charge in [-0.2, -0.15) is 0 Å². The highest BCUT2D eigenvalue weighted by Crippen LogP contribution is 2.21. The van der Waals surface area contributed by atoms with Gasteiger partial charge in [-0.25, -0.2) is 9.66 Å². The molecule has 17 heavy (non-hydrogen) atoms. The maximum atomic E-state index is 4.46. The van der Waals surface area contributed by atoms with Gasteiger partial charge < -0.3 is 0 Å². The van der Waals surface area contributed by atoms with Crippen LogP contribution in [0.2, 0.25) is 0 Å². The van der Waals surface area contributed by atoms with Crippen LogP contribution in [0.1, 0.15) is 24.2 Å². The average molecular weight is 292 g/mol. The summed E-state index contributed by atoms with van der Waals surface area (Å²) in [6, 6.07) is 8.18. The first kappa shape index (κ1) is 10.8. The van der Waals surface area contributed by atoms with E-state index in [-0.39, 0.29) is 0 Å². The number of anilines is 1. The largest absolute Gasteiger partial charge is 0.293 e. The lowest BCUT2D eigenvalue weighted by atomic mass is 10.0. The summed E-state index contributed by atoms with van der Waals surface area (Å²) >= 11 is 3.44. The van der Waals surface area contributed by atoms with Gasteiger partial charge in [0.2, 0.25) is 0 Å². The highest BCUT2D eigenvalue weighted by atomic mass is 79.9. The Morgan fingerprint density at radius 3 is 2.71 bits per heavy atom. The minimum absolute atomic E-state index is 1.08. The molecule has 0 unspecified atom stereocenters. The summed E-state index contributed by atoms with van der Waals surface area (Å²) in [4.78, 5) is 4.46. The predicted octanol–water partition coefficient (Wildman–Crippen LogP) is 3.40. The summed E-state index contributed by atoms with van der Waals surface area (Å²) in [7, 11) is 0. The smallest absolute Gasteiger partial charge is 0.115 e. The lowest BCUT2D eigenvalue weighted by Crippen LogP contribution is -2.14. The molecular formula is C13H14BrN3. The van der Waals surface area contributed by atoms with Crippen LogP contribution in [0.3, 0.4) is 0 Å². The van der Waals surface area contributed by atoms with Crippen LogP contribution in [-0.4, -0.2) is 9.66 Å². The van der Waals surface area contributed by atoms with Gasteiger partial charge >= 0.3 is 0 Å². The van der Waals surface area contributed by atoms with Crippen LogP contribution < -0.4 is 5.43 Å². The van der Waals surface area contributed by atoms with Crippen molar-refractivity contribution in [3.63, 3.8) is 0 Å². The molecule has 0 atom stereocenters. The summed E-state index contributed by atoms with van der Waals surface area (Å²) < 4.78 is 3.15. The molecule has 1 heterocycles. The fourth-order valence-electron chi connectivity index (χ4n) is 2.23. The van der Waals surface area contributed by atoms with Gasteiger partial charge in [0.1, 0.15) is 6.33 Å². The molecule has 0 saturated heterocycles. The lowest BCUT2D eigenvalue weighted by molar-refractivity contribution is 0.649. The van der Waals surface area contributed by atoms with Gasteiger partial charge in [0.15, 0.2) is 0 Å². The van der Waals surface area contributed by atoms with Gasteiger partial charge in [-0.1, -0.05) is 15.9 Å². The van der Waals surface area contributed by atoms with Crippen LogP contribution in [-0.2, 0) is 12.8 Å². The molecule has 1 aliphatic carbocycles. The first-order valence-corrected chi connectivity index (χ1v) is 6.70. The molecule has 1 aromatic carbocycles. The number of halogens is 1. The summed E-state index contributed by atoms with van der Waals surface area (Å²) in [5.74, 6) is 0. The second kappa shape index (κ2) is 4.53. The van der Waals surface area contributed by atoms with E-state index in [4.69, 9.17) is 0 Å². The Morgan fingerprint density at radius 1 is 1.12 bits per heavy atom. The second-order valence-electron chi connectivity index (χ2n) is 4.33. The maximum absolute atomic E-state index is 4.46. The van der Waals surface area contributed by atoms with Crippen molar-refractivity contribution in [1.29, 1.82) is 0 Å². The second-order valence-corrected chi connectivity index (χ2v) is 5.25. The van der Waals surface area contributed by atoms with E-state index in [0.29, 0.717) is 0 Å². The number of imidazole rings is 1. The van der Waals surface area contributed by atoms with Crippen LogP contribution in [0, 0.1) is 0 Å². The van der Waals surface area contributed by atoms with E-state index in [0.717, 1.165) is 23.0 Å². The minimum Gasteiger partial charge on any atom is -0.293 e. The molecule has 3 rings (SSSR count). The SMILES string of the molecule is Brc1ccc(Nn2cnc3c2CCCC3)cc1. The summed E-state index contributed by atoms with van der Waals surface area (Å²) in [5.41, 5.74) is 7.04. The van der Waals surface area contributed by atoms with Gasteiger partial charge in [0.25, 0.3) is 0 Å². The van der Waals surface area contributed by atoms with Crippen molar-refractivity contribution in [2.45, 2.75) is 25.7 Å². The van der Waals surface area contributed by atoms with Crippen molar-refractivity contribution in [3.8, 4) is 0 Å². The number of benzene rings is 1. The zero-order valence-electron chi connectivity index (χ0n) is 9.49. The quantitative estimate of drug-likeness (QED) is 0.919. The Hall–Kier alpha value is -1.29. The van der Waals surface area contributed by atoms with Crippen LogP contribution in [0.15, 0.2) is 35.1 Å². The van der Waals surface area contributed by atoms with Gasteiger partial charge in [-0.15, -0.1) is 0 Å². The third-order valence-electron chi connectivity index (χ3n) is 3.12. The van der Waals surface area contributed by atoms with E-state index >= 15 is 0 Å². The molecule has 88 valence electrons. The third kappa shape index (κ3) is 2.22. The molecule has 0 bridgehead atoms. The normalized spacial score (nSPS) is 14.4. The summed E-state index contributed by atoms with van der Waals surface area (Å²) in [6.45, 7) is 0. The molecule has 4 heteroatoms. The number of aryl methyl sites for hydroxylation is 1. The fraction of sp³-hybridized carbons (Fsp3) is 0.308. The van der Waals surface area contributed by atoms with E-state index in [1.54, 1.807) is 0 Å². The summed E-state index contributed by atoms with van der Waals surface area (Å²) in [5, 5.41) is 0. The molecule has 2 aromatic rings. The van der Waals surface area contributed by atoms with E-state index in [1.807, 2.05) is 18.5 Å². The van der Waals surface area contributed by atoms with E-state index in [2.05, 4.69) is 43.1 Å². The molecule has 0 saturated carbocycles. The molecule has 1 aromatic heterocycles. The molecule has 0 spiro atoms. The lowest BCUT2D eigenvalue weighted by Gasteiger charge is -2.15. The van der Waals surface area contributed by atoms with Crippen molar-refractivity contribution < 1.29 is 0 Å². The topological polar surface area (TPSA) is 29.9 Å². The number of aromatic nitrogens is 2. The van der Waals surface area contributed by atoms with Crippen molar-refractivity contribution in [1.82, 2.24) is 9.66 Å². The van der Waals surface area contributed by atoms with E-state index in [9.17, 15) is 0 Å². The summed E-state index contributed by atoms with van der Waals surface area (Å²) in [6.07, 6.45) is 6.66. The number of hydrogen-bond donors (Lipinski definition) is 1. The monoisotopic (exact) mass is 291 g/mol. The van der Waals surface area contributed by atoms with E-state index < -0.39 is 0 Å². The number of fused-ring (bicyclic) bond motifs is 1. The van der Waals surface area contributed by atoms with Gasteiger partial charge in [-0.05, 0) is 49.9 Å². The Kier molecular flexibility index (Phi) is 2.89. The van der Waals surface area contributed by atoms with Crippen molar-refractivity contribution in [2.75, 3.05) is 5.43 Å². The standard InChI is InChI=1S/C13H14BrN3/c14-10-5-7-11(8-6-10)16-17-9-15-12-3-1-2-4-13(12)17/h5-9,16H,1-4H2.